The number of esters is 2. The summed E-state index contributed by atoms with van der Waals surface area (Å²) >= 11 is 0. The predicted molar refractivity (Wildman–Crippen MR) is 440 cm³/mol. The standard InChI is InChI=1S/C22H42N2O3.C20H39NO3.C19H35NO4.C14H27NO2.C13H25NO2/c1-16(25)23-22(8,9)15-18(14-20(2,3)4)17-10-12-24(13-11-17)19(26)27-21(5,6)7;1-18(2,3)13-16(14-20(7,8)23)15-9-11-21(12-10-15)17(22)24-19(4,5)6;1-18(2,3)13-15(12-16(21)23-7)14-8-10-20(11-9-14)17(22)24-19(4,5)6;1-14(2,3)10-12(9-13(16)17-4)11-5-7-15-8-6-11;1-13(2,3)9-11(8-12(15)16)10-4-6-14-7-5-10/h17-18H,10-15H2,1-9H3,(H,23,25);15-16,23H,9-14H2,1-8H3;14-15H,8-13H2,1-7H3;11-12,15H,5-10H2,1-4H3;10-11,14H,4-9H2,1-3H3,(H,15,16). The van der Waals surface area contributed by atoms with Gasteiger partial charge < -0.3 is 64.5 Å². The molecule has 5 N–H and O–H groups in total. The summed E-state index contributed by atoms with van der Waals surface area (Å²) in [7, 11) is 2.93. The molecular weight excluding hydrogens is 1360 g/mol. The second-order valence-corrected chi connectivity index (χ2v) is 43.2. The number of aliphatic hydroxyl groups is 1. The van der Waals surface area contributed by atoms with Gasteiger partial charge in [-0.05, 0) is 312 Å². The zero-order valence-corrected chi connectivity index (χ0v) is 75.1. The Kier molecular flexibility index (Phi) is 42.2. The van der Waals surface area contributed by atoms with Crippen LogP contribution < -0.4 is 16.0 Å². The van der Waals surface area contributed by atoms with E-state index in [1.165, 1.54) is 27.1 Å². The molecule has 0 aromatic carbocycles. The van der Waals surface area contributed by atoms with Crippen LogP contribution in [0, 0.1) is 86.3 Å². The summed E-state index contributed by atoms with van der Waals surface area (Å²) in [5.74, 6) is 4.16. The highest BCUT2D eigenvalue weighted by Crippen LogP contribution is 2.43. The van der Waals surface area contributed by atoms with E-state index >= 15 is 0 Å². The Morgan fingerprint density at radius 3 is 0.815 bits per heavy atom. The van der Waals surface area contributed by atoms with Crippen LogP contribution in [0.3, 0.4) is 0 Å². The van der Waals surface area contributed by atoms with E-state index in [0.29, 0.717) is 91.5 Å². The van der Waals surface area contributed by atoms with E-state index in [9.17, 15) is 38.7 Å². The summed E-state index contributed by atoms with van der Waals surface area (Å²) in [5, 5.41) is 29.1. The molecular formula is C88H168N6O14. The number of piperidine rings is 5. The Hall–Kier alpha value is -4.43. The lowest BCUT2D eigenvalue weighted by Crippen LogP contribution is -2.47. The SMILES string of the molecule is CC(=O)NC(C)(C)CC(CC(C)(C)C)C1CCN(C(=O)OC(C)(C)C)CC1.CC(C)(C)CC(CC(=O)O)C1CCNCC1.CC(C)(C)CC(CC(C)(C)O)C1CCN(C(=O)OC(C)(C)C)CC1.COC(=O)CC(CC(C)(C)C)C1CCN(C(=O)OC(C)(C)C)CC1.COC(=O)CC(CC(C)(C)C)C1CCNCC1. The number of hydrogen-bond acceptors (Lipinski definition) is 15. The number of amides is 4. The molecule has 5 atom stereocenters. The molecule has 0 radical (unpaired) electrons. The maximum absolute atomic E-state index is 12.3. The number of carboxylic acid groups (broad SMARTS) is 1. The van der Waals surface area contributed by atoms with Gasteiger partial charge in [0.2, 0.25) is 5.91 Å². The first-order valence-electron chi connectivity index (χ1n) is 41.7. The molecule has 20 heteroatoms. The molecule has 0 spiro atoms. The Labute approximate surface area is 660 Å². The van der Waals surface area contributed by atoms with Gasteiger partial charge >= 0.3 is 36.2 Å². The van der Waals surface area contributed by atoms with Crippen molar-refractivity contribution in [2.45, 2.75) is 357 Å². The summed E-state index contributed by atoms with van der Waals surface area (Å²) in [6, 6.07) is 0. The average Bonchev–Trinajstić information content (AvgIpc) is 0.827. The minimum Gasteiger partial charge on any atom is -0.481 e. The molecule has 634 valence electrons. The maximum atomic E-state index is 12.3. The van der Waals surface area contributed by atoms with Crippen LogP contribution >= 0.6 is 0 Å². The number of nitrogens with zero attached hydrogens (tertiary/aromatic N) is 3. The van der Waals surface area contributed by atoms with E-state index in [1.807, 2.05) is 86.0 Å². The van der Waals surface area contributed by atoms with E-state index in [4.69, 9.17) is 28.8 Å². The van der Waals surface area contributed by atoms with E-state index < -0.39 is 28.4 Å². The van der Waals surface area contributed by atoms with E-state index in [1.54, 1.807) is 11.8 Å². The number of aliphatic carboxylic acids is 1. The van der Waals surface area contributed by atoms with Gasteiger partial charge in [-0.25, -0.2) is 14.4 Å². The van der Waals surface area contributed by atoms with Gasteiger partial charge in [0.05, 0.1) is 19.8 Å². The summed E-state index contributed by atoms with van der Waals surface area (Å²) in [6.07, 6.45) is 18.3. The van der Waals surface area contributed by atoms with Crippen LogP contribution in [-0.2, 0) is 42.9 Å². The van der Waals surface area contributed by atoms with Crippen LogP contribution in [0.4, 0.5) is 14.4 Å². The smallest absolute Gasteiger partial charge is 0.410 e. The monoisotopic (exact) mass is 1530 g/mol. The zero-order chi connectivity index (χ0) is 83.4. The quantitative estimate of drug-likeness (QED) is 0.0529. The van der Waals surface area contributed by atoms with Gasteiger partial charge in [0.25, 0.3) is 0 Å². The number of ether oxygens (including phenoxy) is 5. The lowest BCUT2D eigenvalue weighted by molar-refractivity contribution is -0.143. The number of nitrogens with one attached hydrogen (secondary N) is 3. The van der Waals surface area contributed by atoms with Gasteiger partial charge in [-0.15, -0.1) is 0 Å². The van der Waals surface area contributed by atoms with Crippen LogP contribution in [0.15, 0.2) is 0 Å². The van der Waals surface area contributed by atoms with Crippen LogP contribution in [0.2, 0.25) is 0 Å². The lowest BCUT2D eigenvalue weighted by atomic mass is 9.70. The average molecular weight is 1530 g/mol. The zero-order valence-electron chi connectivity index (χ0n) is 75.1. The van der Waals surface area contributed by atoms with Gasteiger partial charge in [-0.1, -0.05) is 104 Å². The number of hydrogen-bond donors (Lipinski definition) is 5. The van der Waals surface area contributed by atoms with Crippen molar-refractivity contribution in [3.05, 3.63) is 0 Å². The third kappa shape index (κ3) is 49.2. The van der Waals surface area contributed by atoms with Gasteiger partial charge in [-0.2, -0.15) is 0 Å². The Morgan fingerprint density at radius 2 is 0.593 bits per heavy atom. The van der Waals surface area contributed by atoms with Crippen molar-refractivity contribution >= 4 is 42.1 Å². The third-order valence-corrected chi connectivity index (χ3v) is 20.8. The van der Waals surface area contributed by atoms with Crippen LogP contribution in [0.25, 0.3) is 0 Å². The molecule has 5 fully saturated rings. The van der Waals surface area contributed by atoms with Crippen molar-refractivity contribution in [1.29, 1.82) is 0 Å². The van der Waals surface area contributed by atoms with Crippen molar-refractivity contribution in [3.63, 3.8) is 0 Å². The molecule has 0 saturated carbocycles. The summed E-state index contributed by atoms with van der Waals surface area (Å²) in [6.45, 7) is 68.9. The Balaban J connectivity index is 0.000000683. The number of carbonyl (C=O) groups is 7. The van der Waals surface area contributed by atoms with Crippen molar-refractivity contribution in [1.82, 2.24) is 30.7 Å². The second kappa shape index (κ2) is 44.9. The van der Waals surface area contributed by atoms with Crippen molar-refractivity contribution in [2.24, 2.45) is 86.3 Å². The summed E-state index contributed by atoms with van der Waals surface area (Å²) in [4.78, 5) is 87.9. The molecule has 5 heterocycles. The second-order valence-electron chi connectivity index (χ2n) is 43.2. The molecule has 0 aromatic heterocycles. The first-order chi connectivity index (χ1) is 49.0. The normalized spacial score (nSPS) is 19.1. The first kappa shape index (κ1) is 102. The van der Waals surface area contributed by atoms with Crippen molar-refractivity contribution in [3.8, 4) is 0 Å². The van der Waals surface area contributed by atoms with Crippen LogP contribution in [0.5, 0.6) is 0 Å². The van der Waals surface area contributed by atoms with E-state index in [2.05, 4.69) is 134 Å². The number of likely N-dealkylation sites (tertiary alicyclic amines) is 3. The molecule has 20 nitrogen and oxygen atoms in total. The molecule has 5 saturated heterocycles. The molecule has 0 aromatic rings. The predicted octanol–water partition coefficient (Wildman–Crippen LogP) is 19.2. The highest BCUT2D eigenvalue weighted by atomic mass is 16.6. The van der Waals surface area contributed by atoms with Crippen LogP contribution in [0.1, 0.15) is 329 Å². The molecule has 0 bridgehead atoms. The number of carboxylic acids is 1. The van der Waals surface area contributed by atoms with Gasteiger partial charge in [0.15, 0.2) is 0 Å². The number of rotatable bonds is 21. The van der Waals surface area contributed by atoms with Gasteiger partial charge in [0.1, 0.15) is 16.8 Å². The molecule has 5 rings (SSSR count). The summed E-state index contributed by atoms with van der Waals surface area (Å²) in [5.41, 5.74) is -1.06. The highest BCUT2D eigenvalue weighted by molar-refractivity contribution is 5.74. The topological polar surface area (TPSA) is 252 Å². The fourth-order valence-corrected chi connectivity index (χ4v) is 16.9. The molecule has 5 aliphatic rings. The minimum absolute atomic E-state index is 0.0225. The van der Waals surface area contributed by atoms with E-state index in [-0.39, 0.29) is 68.7 Å². The first-order valence-corrected chi connectivity index (χ1v) is 41.7. The fraction of sp³-hybridized carbons (Fsp3) is 0.920. The van der Waals surface area contributed by atoms with Crippen molar-refractivity contribution < 1.29 is 67.5 Å². The fourth-order valence-electron chi connectivity index (χ4n) is 16.9. The number of carbonyl (C=O) groups excluding carboxylic acids is 6. The molecule has 108 heavy (non-hydrogen) atoms. The largest absolute Gasteiger partial charge is 0.481 e. The third-order valence-electron chi connectivity index (χ3n) is 20.8. The maximum Gasteiger partial charge on any atom is 0.410 e. The summed E-state index contributed by atoms with van der Waals surface area (Å²) < 4.78 is 26.2. The Morgan fingerprint density at radius 1 is 0.361 bits per heavy atom. The van der Waals surface area contributed by atoms with Gasteiger partial charge in [-0.3, -0.25) is 19.2 Å². The lowest BCUT2D eigenvalue weighted by Gasteiger charge is -2.41. The molecule has 5 unspecified atom stereocenters. The number of methoxy groups -OCH3 is 2. The molecule has 4 amide bonds. The Bertz CT molecular complexity index is 2600. The molecule has 5 aliphatic heterocycles. The minimum atomic E-state index is -0.646. The highest BCUT2D eigenvalue weighted by Gasteiger charge is 2.40. The van der Waals surface area contributed by atoms with E-state index in [0.717, 1.165) is 149 Å². The molecule has 0 aliphatic carbocycles. The van der Waals surface area contributed by atoms with Gasteiger partial charge in [0, 0.05) is 71.0 Å². The van der Waals surface area contributed by atoms with Crippen LogP contribution in [-0.4, -0.2) is 175 Å². The van der Waals surface area contributed by atoms with Crippen molar-refractivity contribution in [2.75, 3.05) is 79.7 Å².